The first-order valence-corrected chi connectivity index (χ1v) is 7.77. The van der Waals surface area contributed by atoms with Gasteiger partial charge in [-0.3, -0.25) is 0 Å². The summed E-state index contributed by atoms with van der Waals surface area (Å²) in [6.07, 6.45) is 1.76. The Morgan fingerprint density at radius 2 is 2.23 bits per heavy atom. The van der Waals surface area contributed by atoms with Gasteiger partial charge in [0.15, 0.2) is 0 Å². The number of ether oxygens (including phenoxy) is 1. The van der Waals surface area contributed by atoms with E-state index in [0.717, 1.165) is 24.2 Å². The van der Waals surface area contributed by atoms with E-state index in [1.54, 1.807) is 14.0 Å². The zero-order chi connectivity index (χ0) is 16.3. The molecule has 0 fully saturated rings. The Kier molecular flexibility index (Phi) is 4.96. The minimum absolute atomic E-state index is 0.00546. The number of urea groups is 1. The molecule has 0 spiro atoms. The first-order valence-electron chi connectivity index (χ1n) is 7.77. The summed E-state index contributed by atoms with van der Waals surface area (Å²) < 4.78 is 5.37. The molecule has 0 aliphatic heterocycles. The second-order valence-electron chi connectivity index (χ2n) is 6.46. The maximum Gasteiger partial charge on any atom is 0.315 e. The Balaban J connectivity index is 1.95. The highest BCUT2D eigenvalue weighted by atomic mass is 16.5. The Morgan fingerprint density at radius 1 is 1.50 bits per heavy atom. The highest BCUT2D eigenvalue weighted by Crippen LogP contribution is 2.36. The van der Waals surface area contributed by atoms with E-state index < -0.39 is 5.60 Å². The number of fused-ring (bicyclic) bond motifs is 1. The van der Waals surface area contributed by atoms with Crippen molar-refractivity contribution < 1.29 is 14.6 Å². The maximum atomic E-state index is 12.1. The molecule has 2 amide bonds. The van der Waals surface area contributed by atoms with Crippen LogP contribution in [0.2, 0.25) is 0 Å². The van der Waals surface area contributed by atoms with Crippen molar-refractivity contribution in [2.75, 3.05) is 13.7 Å². The second-order valence-corrected chi connectivity index (χ2v) is 6.46. The number of benzene rings is 1. The van der Waals surface area contributed by atoms with Gasteiger partial charge in [0.2, 0.25) is 0 Å². The molecule has 3 N–H and O–H groups in total. The van der Waals surface area contributed by atoms with Gasteiger partial charge in [0.1, 0.15) is 5.75 Å². The summed E-state index contributed by atoms with van der Waals surface area (Å²) in [5, 5.41) is 15.9. The largest absolute Gasteiger partial charge is 0.496 e. The third-order valence-corrected chi connectivity index (χ3v) is 4.60. The molecule has 0 aromatic heterocycles. The smallest absolute Gasteiger partial charge is 0.315 e. The number of carbonyl (C=O) groups is 1. The minimum atomic E-state index is -0.909. The highest BCUT2D eigenvalue weighted by Gasteiger charge is 2.28. The van der Waals surface area contributed by atoms with Gasteiger partial charge in [-0.15, -0.1) is 0 Å². The standard InChI is InChI=1S/C17H26N2O3/c1-11(2)17(3,21)10-18-16(20)19-14-9-8-13-12(14)6-5-7-15(13)22-4/h5-7,11,14,21H,8-10H2,1-4H3,(H2,18,19,20). The summed E-state index contributed by atoms with van der Waals surface area (Å²) in [5.74, 6) is 0.953. The first-order chi connectivity index (χ1) is 10.3. The normalized spacial score (nSPS) is 19.5. The van der Waals surface area contributed by atoms with Gasteiger partial charge in [-0.2, -0.15) is 0 Å². The van der Waals surface area contributed by atoms with E-state index in [2.05, 4.69) is 10.6 Å². The van der Waals surface area contributed by atoms with Gasteiger partial charge in [0.05, 0.1) is 18.8 Å². The summed E-state index contributed by atoms with van der Waals surface area (Å²) in [5.41, 5.74) is 1.38. The summed E-state index contributed by atoms with van der Waals surface area (Å²) in [7, 11) is 1.66. The van der Waals surface area contributed by atoms with Crippen LogP contribution in [0, 0.1) is 5.92 Å². The number of aliphatic hydroxyl groups is 1. The summed E-state index contributed by atoms with van der Waals surface area (Å²) in [6.45, 7) is 5.82. The third kappa shape index (κ3) is 3.53. The topological polar surface area (TPSA) is 70.6 Å². The molecule has 5 nitrogen and oxygen atoms in total. The number of rotatable bonds is 5. The zero-order valence-electron chi connectivity index (χ0n) is 13.8. The van der Waals surface area contributed by atoms with Crippen LogP contribution in [0.5, 0.6) is 5.75 Å². The predicted octanol–water partition coefficient (Wildman–Crippen LogP) is 2.39. The maximum absolute atomic E-state index is 12.1. The van der Waals surface area contributed by atoms with Crippen LogP contribution < -0.4 is 15.4 Å². The van der Waals surface area contributed by atoms with E-state index in [4.69, 9.17) is 4.74 Å². The molecule has 5 heteroatoms. The van der Waals surface area contributed by atoms with Gasteiger partial charge in [-0.05, 0) is 42.9 Å². The molecule has 1 aliphatic rings. The number of hydrogen-bond acceptors (Lipinski definition) is 3. The molecule has 122 valence electrons. The molecule has 2 rings (SSSR count). The molecule has 1 aromatic rings. The van der Waals surface area contributed by atoms with Gasteiger partial charge in [0.25, 0.3) is 0 Å². The molecule has 22 heavy (non-hydrogen) atoms. The first kappa shape index (κ1) is 16.6. The van der Waals surface area contributed by atoms with Crippen molar-refractivity contribution in [2.45, 2.75) is 45.3 Å². The van der Waals surface area contributed by atoms with Crippen molar-refractivity contribution >= 4 is 6.03 Å². The molecule has 1 aliphatic carbocycles. The fourth-order valence-electron chi connectivity index (χ4n) is 2.63. The molecular formula is C17H26N2O3. The monoisotopic (exact) mass is 306 g/mol. The lowest BCUT2D eigenvalue weighted by Crippen LogP contribution is -2.47. The van der Waals surface area contributed by atoms with Crippen LogP contribution in [0.4, 0.5) is 4.79 Å². The van der Waals surface area contributed by atoms with Gasteiger partial charge < -0.3 is 20.5 Å². The van der Waals surface area contributed by atoms with E-state index in [0.29, 0.717) is 0 Å². The van der Waals surface area contributed by atoms with Gasteiger partial charge in [-0.1, -0.05) is 26.0 Å². The Labute approximate surface area is 132 Å². The van der Waals surface area contributed by atoms with E-state index in [9.17, 15) is 9.90 Å². The van der Waals surface area contributed by atoms with Crippen molar-refractivity contribution in [1.82, 2.24) is 10.6 Å². The Bertz CT molecular complexity index is 541. The fourth-order valence-corrected chi connectivity index (χ4v) is 2.63. The van der Waals surface area contributed by atoms with Crippen molar-refractivity contribution in [3.8, 4) is 5.75 Å². The quantitative estimate of drug-likeness (QED) is 0.782. The van der Waals surface area contributed by atoms with Crippen molar-refractivity contribution in [3.63, 3.8) is 0 Å². The second kappa shape index (κ2) is 6.57. The Hall–Kier alpha value is -1.75. The molecule has 0 saturated carbocycles. The molecular weight excluding hydrogens is 280 g/mol. The van der Waals surface area contributed by atoms with Crippen LogP contribution in [-0.4, -0.2) is 30.4 Å². The van der Waals surface area contributed by atoms with Gasteiger partial charge in [0, 0.05) is 6.54 Å². The SMILES string of the molecule is COc1cccc2c1CCC2NC(=O)NCC(C)(O)C(C)C. The molecule has 0 heterocycles. The number of carbonyl (C=O) groups excluding carboxylic acids is 1. The van der Waals surface area contributed by atoms with Crippen LogP contribution in [0.1, 0.15) is 44.4 Å². The summed E-state index contributed by atoms with van der Waals surface area (Å²) >= 11 is 0. The van der Waals surface area contributed by atoms with Crippen molar-refractivity contribution in [2.24, 2.45) is 5.92 Å². The number of amides is 2. The Morgan fingerprint density at radius 3 is 2.86 bits per heavy atom. The van der Waals surface area contributed by atoms with E-state index in [-0.39, 0.29) is 24.5 Å². The molecule has 0 radical (unpaired) electrons. The van der Waals surface area contributed by atoms with Crippen LogP contribution in [0.15, 0.2) is 18.2 Å². The predicted molar refractivity (Wildman–Crippen MR) is 86.1 cm³/mol. The average molecular weight is 306 g/mol. The molecule has 0 saturated heterocycles. The fraction of sp³-hybridized carbons (Fsp3) is 0.588. The molecule has 0 bridgehead atoms. The number of nitrogens with one attached hydrogen (secondary N) is 2. The van der Waals surface area contributed by atoms with Gasteiger partial charge in [-0.25, -0.2) is 4.79 Å². The van der Waals surface area contributed by atoms with Crippen LogP contribution >= 0.6 is 0 Å². The van der Waals surface area contributed by atoms with Crippen molar-refractivity contribution in [3.05, 3.63) is 29.3 Å². The van der Waals surface area contributed by atoms with Crippen LogP contribution in [0.25, 0.3) is 0 Å². The van der Waals surface area contributed by atoms with E-state index in [1.165, 1.54) is 5.56 Å². The van der Waals surface area contributed by atoms with Crippen LogP contribution in [0.3, 0.4) is 0 Å². The minimum Gasteiger partial charge on any atom is -0.496 e. The lowest BCUT2D eigenvalue weighted by Gasteiger charge is -2.28. The van der Waals surface area contributed by atoms with Crippen molar-refractivity contribution in [1.29, 1.82) is 0 Å². The van der Waals surface area contributed by atoms with E-state index in [1.807, 2.05) is 32.0 Å². The number of hydrogen-bond donors (Lipinski definition) is 3. The third-order valence-electron chi connectivity index (χ3n) is 4.60. The molecule has 1 aromatic carbocycles. The molecule has 2 unspecified atom stereocenters. The lowest BCUT2D eigenvalue weighted by molar-refractivity contribution is 0.0165. The van der Waals surface area contributed by atoms with Crippen LogP contribution in [-0.2, 0) is 6.42 Å². The zero-order valence-corrected chi connectivity index (χ0v) is 13.8. The summed E-state index contributed by atoms with van der Waals surface area (Å²) in [4.78, 5) is 12.1. The average Bonchev–Trinajstić information content (AvgIpc) is 2.88. The summed E-state index contributed by atoms with van der Waals surface area (Å²) in [6, 6.07) is 5.66. The highest BCUT2D eigenvalue weighted by molar-refractivity contribution is 5.74. The van der Waals surface area contributed by atoms with Gasteiger partial charge >= 0.3 is 6.03 Å². The lowest BCUT2D eigenvalue weighted by atomic mass is 9.93. The molecule has 2 atom stereocenters. The van der Waals surface area contributed by atoms with E-state index >= 15 is 0 Å². The number of methoxy groups -OCH3 is 1.